The van der Waals surface area contributed by atoms with Crippen molar-refractivity contribution in [3.63, 3.8) is 0 Å². The molecule has 56 valence electrons. The molecule has 0 aromatic rings. The summed E-state index contributed by atoms with van der Waals surface area (Å²) < 4.78 is 0. The summed E-state index contributed by atoms with van der Waals surface area (Å²) in [6.07, 6.45) is 1.15. The number of aliphatic hydroxyl groups is 1. The van der Waals surface area contributed by atoms with Gasteiger partial charge in [0.2, 0.25) is 0 Å². The molecule has 0 aliphatic rings. The topological polar surface area (TPSA) is 23.5 Å². The molecule has 0 aliphatic heterocycles. The van der Waals surface area contributed by atoms with Gasteiger partial charge in [0.15, 0.2) is 0 Å². The van der Waals surface area contributed by atoms with E-state index < -0.39 is 0 Å². The number of hydrogen-bond donors (Lipinski definition) is 1. The van der Waals surface area contributed by atoms with Crippen LogP contribution in [0.1, 0.15) is 6.42 Å². The molecule has 0 radical (unpaired) electrons. The van der Waals surface area contributed by atoms with Crippen LogP contribution in [0.5, 0.6) is 0 Å². The van der Waals surface area contributed by atoms with E-state index in [9.17, 15) is 0 Å². The third-order valence-electron chi connectivity index (χ3n) is 1.16. The van der Waals surface area contributed by atoms with Gasteiger partial charge >= 0.3 is 0 Å². The molecule has 0 aromatic heterocycles. The predicted octanol–water partition coefficient (Wildman–Crippen LogP) is 0.695. The fourth-order valence-corrected chi connectivity index (χ4v) is 0.863. The SMILES string of the molecule is CN(CCO)CCCBr. The van der Waals surface area contributed by atoms with Gasteiger partial charge in [0, 0.05) is 11.9 Å². The smallest absolute Gasteiger partial charge is 0.0558 e. The summed E-state index contributed by atoms with van der Waals surface area (Å²) in [6, 6.07) is 0. The van der Waals surface area contributed by atoms with Crippen LogP contribution < -0.4 is 0 Å². The molecule has 9 heavy (non-hydrogen) atoms. The molecule has 0 atom stereocenters. The summed E-state index contributed by atoms with van der Waals surface area (Å²) in [6.45, 7) is 2.11. The molecule has 0 rings (SSSR count). The summed E-state index contributed by atoms with van der Waals surface area (Å²) in [7, 11) is 2.01. The quantitative estimate of drug-likeness (QED) is 0.654. The van der Waals surface area contributed by atoms with E-state index in [1.54, 1.807) is 0 Å². The molecule has 0 fully saturated rings. The van der Waals surface area contributed by atoms with Gasteiger partial charge < -0.3 is 10.0 Å². The molecule has 0 aliphatic carbocycles. The Morgan fingerprint density at radius 2 is 2.11 bits per heavy atom. The van der Waals surface area contributed by atoms with E-state index in [2.05, 4.69) is 20.8 Å². The Labute approximate surface area is 65.0 Å². The summed E-state index contributed by atoms with van der Waals surface area (Å²) in [5.74, 6) is 0. The molecule has 1 N–H and O–H groups in total. The van der Waals surface area contributed by atoms with Gasteiger partial charge in [-0.2, -0.15) is 0 Å². The number of aliphatic hydroxyl groups excluding tert-OH is 1. The maximum atomic E-state index is 8.48. The minimum Gasteiger partial charge on any atom is -0.395 e. The van der Waals surface area contributed by atoms with Crippen LogP contribution in [0.2, 0.25) is 0 Å². The molecule has 0 amide bonds. The second-order valence-corrected chi connectivity index (χ2v) is 2.86. The second-order valence-electron chi connectivity index (χ2n) is 2.07. The lowest BCUT2D eigenvalue weighted by Gasteiger charge is -2.12. The Morgan fingerprint density at radius 1 is 1.44 bits per heavy atom. The molecular formula is C6H14BrNO. The monoisotopic (exact) mass is 195 g/mol. The van der Waals surface area contributed by atoms with Crippen molar-refractivity contribution in [1.82, 2.24) is 4.90 Å². The van der Waals surface area contributed by atoms with Gasteiger partial charge in [-0.05, 0) is 20.0 Å². The van der Waals surface area contributed by atoms with Gasteiger partial charge in [-0.1, -0.05) is 15.9 Å². The molecule has 2 nitrogen and oxygen atoms in total. The lowest BCUT2D eigenvalue weighted by Crippen LogP contribution is -2.23. The first-order valence-electron chi connectivity index (χ1n) is 3.16. The zero-order valence-corrected chi connectivity index (χ0v) is 7.39. The first kappa shape index (κ1) is 9.40. The second kappa shape index (κ2) is 6.52. The minimum absolute atomic E-state index is 0.263. The number of likely N-dealkylation sites (N-methyl/N-ethyl adjacent to an activating group) is 1. The van der Waals surface area contributed by atoms with E-state index in [4.69, 9.17) is 5.11 Å². The molecule has 3 heteroatoms. The van der Waals surface area contributed by atoms with E-state index in [0.29, 0.717) is 0 Å². The Kier molecular flexibility index (Phi) is 6.81. The van der Waals surface area contributed by atoms with Crippen LogP contribution in [0, 0.1) is 0 Å². The predicted molar refractivity (Wildman–Crippen MR) is 43.0 cm³/mol. The Balaban J connectivity index is 2.95. The third kappa shape index (κ3) is 6.28. The van der Waals surface area contributed by atoms with Crippen LogP contribution in [-0.2, 0) is 0 Å². The van der Waals surface area contributed by atoms with Crippen molar-refractivity contribution in [2.45, 2.75) is 6.42 Å². The fourth-order valence-electron chi connectivity index (χ4n) is 0.612. The van der Waals surface area contributed by atoms with Crippen molar-refractivity contribution >= 4 is 15.9 Å². The average molecular weight is 196 g/mol. The molecule has 0 bridgehead atoms. The molecule has 0 aromatic carbocycles. The summed E-state index contributed by atoms with van der Waals surface area (Å²) in [5.41, 5.74) is 0. The lowest BCUT2D eigenvalue weighted by atomic mass is 10.4. The highest BCUT2D eigenvalue weighted by atomic mass is 79.9. The van der Waals surface area contributed by atoms with E-state index in [1.807, 2.05) is 7.05 Å². The summed E-state index contributed by atoms with van der Waals surface area (Å²) >= 11 is 3.34. The van der Waals surface area contributed by atoms with Gasteiger partial charge in [-0.25, -0.2) is 0 Å². The number of halogens is 1. The summed E-state index contributed by atoms with van der Waals surface area (Å²) in [4.78, 5) is 2.11. The maximum Gasteiger partial charge on any atom is 0.0558 e. The zero-order valence-electron chi connectivity index (χ0n) is 5.81. The van der Waals surface area contributed by atoms with Crippen LogP contribution in [0.3, 0.4) is 0 Å². The van der Waals surface area contributed by atoms with Crippen LogP contribution >= 0.6 is 15.9 Å². The first-order chi connectivity index (χ1) is 4.31. The van der Waals surface area contributed by atoms with Crippen LogP contribution in [0.15, 0.2) is 0 Å². The first-order valence-corrected chi connectivity index (χ1v) is 4.28. The largest absolute Gasteiger partial charge is 0.395 e. The van der Waals surface area contributed by atoms with Crippen molar-refractivity contribution in [2.24, 2.45) is 0 Å². The van der Waals surface area contributed by atoms with Crippen molar-refractivity contribution < 1.29 is 5.11 Å². The highest BCUT2D eigenvalue weighted by molar-refractivity contribution is 9.09. The van der Waals surface area contributed by atoms with Crippen molar-refractivity contribution in [1.29, 1.82) is 0 Å². The molecule has 0 saturated heterocycles. The van der Waals surface area contributed by atoms with Crippen molar-refractivity contribution in [3.8, 4) is 0 Å². The van der Waals surface area contributed by atoms with Gasteiger partial charge in [0.1, 0.15) is 0 Å². The number of alkyl halides is 1. The highest BCUT2D eigenvalue weighted by Gasteiger charge is 1.93. The average Bonchev–Trinajstić information content (AvgIpc) is 1.85. The molecular weight excluding hydrogens is 182 g/mol. The Morgan fingerprint density at radius 3 is 2.56 bits per heavy atom. The fraction of sp³-hybridized carbons (Fsp3) is 1.00. The van der Waals surface area contributed by atoms with Crippen LogP contribution in [-0.4, -0.2) is 42.1 Å². The number of hydrogen-bond acceptors (Lipinski definition) is 2. The number of nitrogens with zero attached hydrogens (tertiary/aromatic N) is 1. The molecule has 0 saturated carbocycles. The third-order valence-corrected chi connectivity index (χ3v) is 1.72. The van der Waals surface area contributed by atoms with Crippen molar-refractivity contribution in [2.75, 3.05) is 32.1 Å². The number of rotatable bonds is 5. The van der Waals surface area contributed by atoms with Gasteiger partial charge in [-0.3, -0.25) is 0 Å². The van der Waals surface area contributed by atoms with E-state index >= 15 is 0 Å². The molecule has 0 heterocycles. The van der Waals surface area contributed by atoms with Gasteiger partial charge in [0.05, 0.1) is 6.61 Å². The zero-order chi connectivity index (χ0) is 7.11. The van der Waals surface area contributed by atoms with Crippen LogP contribution in [0.25, 0.3) is 0 Å². The van der Waals surface area contributed by atoms with E-state index in [-0.39, 0.29) is 6.61 Å². The Hall–Kier alpha value is 0.400. The minimum atomic E-state index is 0.263. The highest BCUT2D eigenvalue weighted by Crippen LogP contribution is 1.90. The van der Waals surface area contributed by atoms with E-state index in [0.717, 1.165) is 24.8 Å². The lowest BCUT2D eigenvalue weighted by molar-refractivity contribution is 0.222. The van der Waals surface area contributed by atoms with E-state index in [1.165, 1.54) is 0 Å². The van der Waals surface area contributed by atoms with Crippen molar-refractivity contribution in [3.05, 3.63) is 0 Å². The summed E-state index contributed by atoms with van der Waals surface area (Å²) in [5, 5.41) is 9.53. The van der Waals surface area contributed by atoms with Gasteiger partial charge in [0.25, 0.3) is 0 Å². The molecule has 0 unspecified atom stereocenters. The standard InChI is InChI=1S/C6H14BrNO/c1-8(5-6-9)4-2-3-7/h9H,2-6H2,1H3. The molecule has 0 spiro atoms. The van der Waals surface area contributed by atoms with Gasteiger partial charge in [-0.15, -0.1) is 0 Å². The maximum absolute atomic E-state index is 8.48. The Bertz CT molecular complexity index is 61.0. The normalized spacial score (nSPS) is 10.7. The van der Waals surface area contributed by atoms with Crippen LogP contribution in [0.4, 0.5) is 0 Å².